The highest BCUT2D eigenvalue weighted by Crippen LogP contribution is 2.30. The van der Waals surface area contributed by atoms with Crippen LogP contribution in [0.1, 0.15) is 36.8 Å². The summed E-state index contributed by atoms with van der Waals surface area (Å²) in [5, 5.41) is 20.4. The van der Waals surface area contributed by atoms with E-state index in [0.29, 0.717) is 29.6 Å². The number of rotatable bonds is 8. The number of nitriles is 1. The zero-order valence-electron chi connectivity index (χ0n) is 24.5. The van der Waals surface area contributed by atoms with Gasteiger partial charge in [0.15, 0.2) is 0 Å². The molecule has 0 bridgehead atoms. The number of aromatic nitrogens is 5. The van der Waals surface area contributed by atoms with Gasteiger partial charge in [-0.1, -0.05) is 60.7 Å². The van der Waals surface area contributed by atoms with E-state index in [1.807, 2.05) is 86.0 Å². The molecular formula is C34H33N9O. The van der Waals surface area contributed by atoms with Crippen molar-refractivity contribution in [3.8, 4) is 28.5 Å². The van der Waals surface area contributed by atoms with E-state index in [9.17, 15) is 10.1 Å². The number of carbonyl (C=O) groups excluding carboxylic acids is 1. The van der Waals surface area contributed by atoms with E-state index < -0.39 is 0 Å². The molecule has 3 heterocycles. The number of anilines is 2. The zero-order chi connectivity index (χ0) is 30.3. The maximum Gasteiger partial charge on any atom is 0.323 e. The molecule has 10 nitrogen and oxygen atoms in total. The summed E-state index contributed by atoms with van der Waals surface area (Å²) >= 11 is 0. The second-order valence-corrected chi connectivity index (χ2v) is 10.9. The van der Waals surface area contributed by atoms with Crippen molar-refractivity contribution in [2.75, 3.05) is 10.2 Å². The van der Waals surface area contributed by atoms with Gasteiger partial charge in [-0.3, -0.25) is 9.58 Å². The standard InChI is InChI=1S/C34H33N9O/c1-42-23-28(22-39-42)26-12-17-31(36-20-26)43(34(44)38-19-24-8-4-2-5-9-24)30-15-13-29(14-16-30)40-33-37-21-27(18-35)32(41-33)25-10-6-3-7-11-25/h2-12,17,20-23,29-30H,13-16,19H2,1H3,(H,38,44)(H,37,40,41)/t29-,30-. The Bertz CT molecular complexity index is 1740. The van der Waals surface area contributed by atoms with Gasteiger partial charge in [0.1, 0.15) is 11.9 Å². The molecule has 1 aliphatic carbocycles. The molecule has 0 aliphatic heterocycles. The normalized spacial score (nSPS) is 16.1. The number of carbonyl (C=O) groups is 1. The second kappa shape index (κ2) is 13.2. The first-order chi connectivity index (χ1) is 21.6. The summed E-state index contributed by atoms with van der Waals surface area (Å²) in [6.45, 7) is 0.431. The number of pyridine rings is 1. The van der Waals surface area contributed by atoms with Crippen molar-refractivity contribution >= 4 is 17.8 Å². The van der Waals surface area contributed by atoms with Crippen molar-refractivity contribution in [2.24, 2.45) is 7.05 Å². The summed E-state index contributed by atoms with van der Waals surface area (Å²) in [6.07, 6.45) is 10.3. The Morgan fingerprint density at radius 1 is 0.909 bits per heavy atom. The molecule has 2 aromatic carbocycles. The van der Waals surface area contributed by atoms with Crippen molar-refractivity contribution in [1.82, 2.24) is 30.0 Å². The van der Waals surface area contributed by atoms with Crippen molar-refractivity contribution in [3.63, 3.8) is 0 Å². The average Bonchev–Trinajstić information content (AvgIpc) is 3.52. The van der Waals surface area contributed by atoms with Gasteiger partial charge in [0, 0.05) is 54.8 Å². The first kappa shape index (κ1) is 28.6. The van der Waals surface area contributed by atoms with Crippen molar-refractivity contribution < 1.29 is 4.79 Å². The Morgan fingerprint density at radius 3 is 2.32 bits per heavy atom. The number of amides is 2. The lowest BCUT2D eigenvalue weighted by Gasteiger charge is -2.36. The monoisotopic (exact) mass is 583 g/mol. The number of urea groups is 1. The predicted octanol–water partition coefficient (Wildman–Crippen LogP) is 5.95. The van der Waals surface area contributed by atoms with Gasteiger partial charge in [0.2, 0.25) is 5.95 Å². The smallest absolute Gasteiger partial charge is 0.323 e. The fourth-order valence-corrected chi connectivity index (χ4v) is 5.60. The Balaban J connectivity index is 1.17. The van der Waals surface area contributed by atoms with Gasteiger partial charge in [0.25, 0.3) is 0 Å². The Morgan fingerprint density at radius 2 is 1.66 bits per heavy atom. The molecule has 1 aliphatic rings. The van der Waals surface area contributed by atoms with Crippen LogP contribution in [0.3, 0.4) is 0 Å². The summed E-state index contributed by atoms with van der Waals surface area (Å²) in [6, 6.07) is 25.6. The minimum atomic E-state index is -0.171. The van der Waals surface area contributed by atoms with Crippen LogP contribution in [0, 0.1) is 11.3 Å². The number of nitrogens with one attached hydrogen (secondary N) is 2. The van der Waals surface area contributed by atoms with Crippen LogP contribution >= 0.6 is 0 Å². The molecular weight excluding hydrogens is 550 g/mol. The fraction of sp³-hybridized carbons (Fsp3) is 0.235. The van der Waals surface area contributed by atoms with Gasteiger partial charge in [-0.2, -0.15) is 10.4 Å². The van der Waals surface area contributed by atoms with E-state index in [2.05, 4.69) is 26.8 Å². The molecule has 1 fully saturated rings. The largest absolute Gasteiger partial charge is 0.351 e. The van der Waals surface area contributed by atoms with Crippen molar-refractivity contribution in [2.45, 2.75) is 44.3 Å². The molecule has 5 aromatic rings. The average molecular weight is 584 g/mol. The molecule has 2 N–H and O–H groups in total. The lowest BCUT2D eigenvalue weighted by atomic mass is 9.90. The van der Waals surface area contributed by atoms with Gasteiger partial charge in [-0.25, -0.2) is 19.7 Å². The number of aryl methyl sites for hydroxylation is 1. The molecule has 0 spiro atoms. The minimum absolute atomic E-state index is 0.0256. The lowest BCUT2D eigenvalue weighted by Crippen LogP contribution is -2.49. The van der Waals surface area contributed by atoms with Crippen molar-refractivity contribution in [3.05, 3.63) is 109 Å². The first-order valence-corrected chi connectivity index (χ1v) is 14.7. The highest BCUT2D eigenvalue weighted by Gasteiger charge is 2.31. The molecule has 0 atom stereocenters. The molecule has 10 heteroatoms. The van der Waals surface area contributed by atoms with Crippen LogP contribution in [0.15, 0.2) is 97.6 Å². The second-order valence-electron chi connectivity index (χ2n) is 10.9. The molecule has 220 valence electrons. The van der Waals surface area contributed by atoms with Gasteiger partial charge < -0.3 is 10.6 Å². The fourth-order valence-electron chi connectivity index (χ4n) is 5.60. The zero-order valence-corrected chi connectivity index (χ0v) is 24.5. The predicted molar refractivity (Wildman–Crippen MR) is 169 cm³/mol. The van der Waals surface area contributed by atoms with Crippen LogP contribution in [0.25, 0.3) is 22.4 Å². The minimum Gasteiger partial charge on any atom is -0.351 e. The van der Waals surface area contributed by atoms with E-state index in [4.69, 9.17) is 9.97 Å². The SMILES string of the molecule is Cn1cc(-c2ccc(N(C(=O)NCc3ccccc3)[C@H]3CC[C@H](Nc4ncc(C#N)c(-c5ccccc5)n4)CC3)nc2)cn1. The van der Waals surface area contributed by atoms with Gasteiger partial charge in [-0.15, -0.1) is 0 Å². The molecule has 6 rings (SSSR count). The van der Waals surface area contributed by atoms with E-state index in [1.54, 1.807) is 28.2 Å². The summed E-state index contributed by atoms with van der Waals surface area (Å²) in [5.41, 5.74) is 4.87. The highest BCUT2D eigenvalue weighted by molar-refractivity contribution is 5.91. The first-order valence-electron chi connectivity index (χ1n) is 14.7. The molecule has 0 saturated heterocycles. The number of hydrogen-bond donors (Lipinski definition) is 2. The van der Waals surface area contributed by atoms with Gasteiger partial charge >= 0.3 is 6.03 Å². The maximum atomic E-state index is 13.7. The van der Waals surface area contributed by atoms with Crippen molar-refractivity contribution in [1.29, 1.82) is 5.26 Å². The van der Waals surface area contributed by atoms with Crippen LogP contribution in [0.4, 0.5) is 16.6 Å². The van der Waals surface area contributed by atoms with Gasteiger partial charge in [-0.05, 0) is 43.4 Å². The lowest BCUT2D eigenvalue weighted by molar-refractivity contribution is 0.240. The molecule has 0 radical (unpaired) electrons. The van der Waals surface area contributed by atoms with E-state index in [-0.39, 0.29) is 18.1 Å². The number of benzene rings is 2. The van der Waals surface area contributed by atoms with Crippen LogP contribution in [-0.2, 0) is 13.6 Å². The van der Waals surface area contributed by atoms with Crippen LogP contribution in [0.2, 0.25) is 0 Å². The third-order valence-corrected chi connectivity index (χ3v) is 7.89. The molecule has 2 amide bonds. The quantitative estimate of drug-likeness (QED) is 0.231. The van der Waals surface area contributed by atoms with Gasteiger partial charge in [0.05, 0.1) is 23.7 Å². The third-order valence-electron chi connectivity index (χ3n) is 7.89. The number of nitrogens with zero attached hydrogens (tertiary/aromatic N) is 7. The van der Waals surface area contributed by atoms with E-state index in [0.717, 1.165) is 47.9 Å². The Labute approximate surface area is 256 Å². The Kier molecular flexibility index (Phi) is 8.55. The van der Waals surface area contributed by atoms with E-state index in [1.165, 1.54) is 0 Å². The molecule has 44 heavy (non-hydrogen) atoms. The summed E-state index contributed by atoms with van der Waals surface area (Å²) in [5.74, 6) is 1.11. The third kappa shape index (κ3) is 6.57. The maximum absolute atomic E-state index is 13.7. The van der Waals surface area contributed by atoms with Crippen LogP contribution < -0.4 is 15.5 Å². The molecule has 1 saturated carbocycles. The summed E-state index contributed by atoms with van der Waals surface area (Å²) in [7, 11) is 1.88. The summed E-state index contributed by atoms with van der Waals surface area (Å²) < 4.78 is 1.75. The Hall–Kier alpha value is -5.56. The molecule has 0 unspecified atom stereocenters. The van der Waals surface area contributed by atoms with Crippen LogP contribution in [0.5, 0.6) is 0 Å². The molecule has 3 aromatic heterocycles. The van der Waals surface area contributed by atoms with Crippen LogP contribution in [-0.4, -0.2) is 42.8 Å². The van der Waals surface area contributed by atoms with E-state index >= 15 is 0 Å². The summed E-state index contributed by atoms with van der Waals surface area (Å²) in [4.78, 5) is 29.3. The topological polar surface area (TPSA) is 125 Å². The number of hydrogen-bond acceptors (Lipinski definition) is 7. The highest BCUT2D eigenvalue weighted by atomic mass is 16.2.